The lowest BCUT2D eigenvalue weighted by molar-refractivity contribution is 0.792. The maximum absolute atomic E-state index is 5.93. The van der Waals surface area contributed by atoms with Gasteiger partial charge in [0.05, 0.1) is 0 Å². The highest BCUT2D eigenvalue weighted by Gasteiger charge is 1.95. The van der Waals surface area contributed by atoms with E-state index < -0.39 is 0 Å². The Bertz CT molecular complexity index is 235. The molecular weight excluding hydrogens is 182 g/mol. The van der Waals surface area contributed by atoms with Crippen LogP contribution in [0.4, 0.5) is 0 Å². The first-order valence-corrected chi connectivity index (χ1v) is 4.60. The van der Waals surface area contributed by atoms with Crippen molar-refractivity contribution < 1.29 is 0 Å². The molecule has 0 radical (unpaired) electrons. The van der Waals surface area contributed by atoms with Crippen LogP contribution in [0.3, 0.4) is 0 Å². The van der Waals surface area contributed by atoms with Crippen molar-refractivity contribution in [2.75, 3.05) is 13.6 Å². The number of rotatable bonds is 3. The summed E-state index contributed by atoms with van der Waals surface area (Å²) in [5.41, 5.74) is 1.21. The molecule has 0 heterocycles. The molecular formula is C11H16ClN. The first-order valence-electron chi connectivity index (χ1n) is 4.22. The fourth-order valence-electron chi connectivity index (χ4n) is 0.961. The van der Waals surface area contributed by atoms with Crippen LogP contribution in [0.1, 0.15) is 5.56 Å². The summed E-state index contributed by atoms with van der Waals surface area (Å²) >= 11 is 5.93. The van der Waals surface area contributed by atoms with Gasteiger partial charge in [0, 0.05) is 5.02 Å². The van der Waals surface area contributed by atoms with E-state index in [1.807, 2.05) is 25.2 Å². The van der Waals surface area contributed by atoms with E-state index in [-0.39, 0.29) is 0 Å². The minimum atomic E-state index is 0.864. The van der Waals surface area contributed by atoms with Crippen molar-refractivity contribution in [1.29, 1.82) is 0 Å². The average molecular weight is 198 g/mol. The monoisotopic (exact) mass is 197 g/mol. The predicted molar refractivity (Wildman–Crippen MR) is 60.3 cm³/mol. The van der Waals surface area contributed by atoms with Gasteiger partial charge in [0.15, 0.2) is 0 Å². The summed E-state index contributed by atoms with van der Waals surface area (Å²) in [7, 11) is 1.94. The van der Waals surface area contributed by atoms with Gasteiger partial charge >= 0.3 is 0 Å². The van der Waals surface area contributed by atoms with Crippen molar-refractivity contribution in [3.05, 3.63) is 48.0 Å². The molecule has 0 aliphatic heterocycles. The number of nitrogens with one attached hydrogen (secondary N) is 1. The fraction of sp³-hybridized carbons (Fsp3) is 0.273. The van der Waals surface area contributed by atoms with Gasteiger partial charge < -0.3 is 5.32 Å². The molecule has 0 bridgehead atoms. The zero-order chi connectivity index (χ0) is 10.1. The Hall–Kier alpha value is -0.790. The standard InChI is InChI=1S/C9H12ClN.C2H4/c1-11-7-6-8-4-2-3-5-9(8)10;1-2/h2-5,11H,6-7H2,1H3;1-2H2. The second-order valence-electron chi connectivity index (χ2n) is 2.44. The molecule has 1 N–H and O–H groups in total. The molecule has 0 spiro atoms. The molecule has 72 valence electrons. The van der Waals surface area contributed by atoms with Gasteiger partial charge in [-0.2, -0.15) is 0 Å². The fourth-order valence-corrected chi connectivity index (χ4v) is 1.19. The van der Waals surface area contributed by atoms with E-state index in [1.54, 1.807) is 0 Å². The Kier molecular flexibility index (Phi) is 7.36. The smallest absolute Gasteiger partial charge is 0.0438 e. The highest BCUT2D eigenvalue weighted by Crippen LogP contribution is 2.14. The van der Waals surface area contributed by atoms with E-state index in [1.165, 1.54) is 5.56 Å². The molecule has 0 unspecified atom stereocenters. The highest BCUT2D eigenvalue weighted by atomic mass is 35.5. The molecule has 0 atom stereocenters. The molecule has 0 saturated carbocycles. The quantitative estimate of drug-likeness (QED) is 0.735. The van der Waals surface area contributed by atoms with Gasteiger partial charge in [0.2, 0.25) is 0 Å². The SMILES string of the molecule is C=C.CNCCc1ccccc1Cl. The number of hydrogen-bond acceptors (Lipinski definition) is 1. The Morgan fingerprint density at radius 3 is 2.46 bits per heavy atom. The Morgan fingerprint density at radius 2 is 1.92 bits per heavy atom. The summed E-state index contributed by atoms with van der Waals surface area (Å²) in [6.07, 6.45) is 0.996. The van der Waals surface area contributed by atoms with Crippen LogP contribution in [-0.4, -0.2) is 13.6 Å². The van der Waals surface area contributed by atoms with Crippen LogP contribution >= 0.6 is 11.6 Å². The van der Waals surface area contributed by atoms with Gasteiger partial charge in [-0.1, -0.05) is 29.8 Å². The summed E-state index contributed by atoms with van der Waals surface area (Å²) < 4.78 is 0. The van der Waals surface area contributed by atoms with E-state index in [0.29, 0.717) is 0 Å². The van der Waals surface area contributed by atoms with Crippen LogP contribution in [-0.2, 0) is 6.42 Å². The van der Waals surface area contributed by atoms with Crippen molar-refractivity contribution in [2.45, 2.75) is 6.42 Å². The van der Waals surface area contributed by atoms with E-state index in [9.17, 15) is 0 Å². The molecule has 0 fully saturated rings. The van der Waals surface area contributed by atoms with Crippen LogP contribution in [0.2, 0.25) is 5.02 Å². The molecule has 0 aliphatic rings. The molecule has 0 aliphatic carbocycles. The summed E-state index contributed by atoms with van der Waals surface area (Å²) in [6.45, 7) is 6.98. The number of likely N-dealkylation sites (N-methyl/N-ethyl adjacent to an activating group) is 1. The largest absolute Gasteiger partial charge is 0.319 e. The maximum Gasteiger partial charge on any atom is 0.0438 e. The molecule has 1 aromatic rings. The molecule has 1 rings (SSSR count). The van der Waals surface area contributed by atoms with Gasteiger partial charge in [-0.25, -0.2) is 0 Å². The van der Waals surface area contributed by atoms with Gasteiger partial charge in [-0.15, -0.1) is 13.2 Å². The molecule has 0 saturated heterocycles. The lowest BCUT2D eigenvalue weighted by Gasteiger charge is -2.01. The molecule has 1 aromatic carbocycles. The molecule has 0 amide bonds. The summed E-state index contributed by atoms with van der Waals surface area (Å²) in [4.78, 5) is 0. The van der Waals surface area contributed by atoms with Crippen LogP contribution in [0.5, 0.6) is 0 Å². The van der Waals surface area contributed by atoms with E-state index in [4.69, 9.17) is 11.6 Å². The van der Waals surface area contributed by atoms with Crippen LogP contribution in [0.25, 0.3) is 0 Å². The third-order valence-corrected chi connectivity index (χ3v) is 1.97. The van der Waals surface area contributed by atoms with Gasteiger partial charge in [0.1, 0.15) is 0 Å². The second kappa shape index (κ2) is 7.84. The van der Waals surface area contributed by atoms with Crippen molar-refractivity contribution >= 4 is 11.6 Å². The normalized spacial score (nSPS) is 8.77. The topological polar surface area (TPSA) is 12.0 Å². The summed E-state index contributed by atoms with van der Waals surface area (Å²) in [5.74, 6) is 0. The third kappa shape index (κ3) is 4.71. The predicted octanol–water partition coefficient (Wildman–Crippen LogP) is 2.90. The van der Waals surface area contributed by atoms with Crippen LogP contribution in [0.15, 0.2) is 37.4 Å². The van der Waals surface area contributed by atoms with Crippen molar-refractivity contribution in [3.63, 3.8) is 0 Å². The second-order valence-corrected chi connectivity index (χ2v) is 2.85. The zero-order valence-corrected chi connectivity index (χ0v) is 8.77. The molecule has 0 aromatic heterocycles. The maximum atomic E-state index is 5.93. The first kappa shape index (κ1) is 12.2. The zero-order valence-electron chi connectivity index (χ0n) is 8.02. The van der Waals surface area contributed by atoms with E-state index in [0.717, 1.165) is 18.0 Å². The van der Waals surface area contributed by atoms with Gasteiger partial charge in [-0.05, 0) is 31.6 Å². The third-order valence-electron chi connectivity index (χ3n) is 1.60. The molecule has 2 heteroatoms. The molecule has 1 nitrogen and oxygen atoms in total. The van der Waals surface area contributed by atoms with Crippen molar-refractivity contribution in [2.24, 2.45) is 0 Å². The first-order chi connectivity index (χ1) is 6.34. The van der Waals surface area contributed by atoms with Crippen LogP contribution in [0, 0.1) is 0 Å². The minimum Gasteiger partial charge on any atom is -0.319 e. The van der Waals surface area contributed by atoms with Crippen LogP contribution < -0.4 is 5.32 Å². The summed E-state index contributed by atoms with van der Waals surface area (Å²) in [5, 5.41) is 3.95. The number of halogens is 1. The van der Waals surface area contributed by atoms with Gasteiger partial charge in [0.25, 0.3) is 0 Å². The Labute approximate surface area is 85.4 Å². The van der Waals surface area contributed by atoms with Gasteiger partial charge in [-0.3, -0.25) is 0 Å². The average Bonchev–Trinajstić information content (AvgIpc) is 2.20. The minimum absolute atomic E-state index is 0.864. The summed E-state index contributed by atoms with van der Waals surface area (Å²) in [6, 6.07) is 7.94. The lowest BCUT2D eigenvalue weighted by Crippen LogP contribution is -2.10. The van der Waals surface area contributed by atoms with Crippen molar-refractivity contribution in [1.82, 2.24) is 5.32 Å². The van der Waals surface area contributed by atoms with E-state index in [2.05, 4.69) is 24.5 Å². The highest BCUT2D eigenvalue weighted by molar-refractivity contribution is 6.31. The lowest BCUT2D eigenvalue weighted by atomic mass is 10.1. The number of benzene rings is 1. The Balaban J connectivity index is 0.000000671. The number of hydrogen-bond donors (Lipinski definition) is 1. The van der Waals surface area contributed by atoms with E-state index >= 15 is 0 Å². The molecule has 13 heavy (non-hydrogen) atoms. The van der Waals surface area contributed by atoms with Crippen molar-refractivity contribution in [3.8, 4) is 0 Å². The Morgan fingerprint density at radius 1 is 1.31 bits per heavy atom.